The Morgan fingerprint density at radius 2 is 1.82 bits per heavy atom. The van der Waals surface area contributed by atoms with Gasteiger partial charge in [-0.3, -0.25) is 14.5 Å². The first kappa shape index (κ1) is 14.5. The Morgan fingerprint density at radius 3 is 2.41 bits per heavy atom. The number of rotatable bonds is 2. The van der Waals surface area contributed by atoms with Gasteiger partial charge in [0.2, 0.25) is 11.8 Å². The minimum Gasteiger partial charge on any atom is -0.545 e. The molecule has 1 fully saturated rings. The fourth-order valence-corrected chi connectivity index (χ4v) is 3.52. The van der Waals surface area contributed by atoms with Crippen LogP contribution in [0.3, 0.4) is 0 Å². The summed E-state index contributed by atoms with van der Waals surface area (Å²) in [6, 6.07) is 5.65. The van der Waals surface area contributed by atoms with Crippen LogP contribution in [0.1, 0.15) is 30.6 Å². The van der Waals surface area contributed by atoms with Crippen molar-refractivity contribution in [2.75, 3.05) is 4.90 Å². The maximum atomic E-state index is 12.6. The van der Waals surface area contributed by atoms with Crippen molar-refractivity contribution in [3.05, 3.63) is 41.5 Å². The highest BCUT2D eigenvalue weighted by Gasteiger charge is 2.51. The van der Waals surface area contributed by atoms with Crippen LogP contribution in [-0.2, 0) is 9.59 Å². The van der Waals surface area contributed by atoms with Crippen molar-refractivity contribution in [1.29, 1.82) is 0 Å². The van der Waals surface area contributed by atoms with Crippen molar-refractivity contribution in [2.24, 2.45) is 17.8 Å². The standard InChI is InChI=1S/C17H17NO4/c1-9-7-10(2)14-13(8-9)15(19)18(16(14)20)12-5-3-11(4-6-12)17(21)22/h3-7,10,13-14H,8H2,1-2H3,(H,21,22)/p-1/t10-,13-,14+/m0/s1. The minimum atomic E-state index is -1.28. The summed E-state index contributed by atoms with van der Waals surface area (Å²) in [5.41, 5.74) is 1.56. The summed E-state index contributed by atoms with van der Waals surface area (Å²) in [6.45, 7) is 3.93. The summed E-state index contributed by atoms with van der Waals surface area (Å²) in [5.74, 6) is -2.29. The lowest BCUT2D eigenvalue weighted by Gasteiger charge is -2.25. The second-order valence-corrected chi connectivity index (χ2v) is 6.05. The number of carbonyl (C=O) groups excluding carboxylic acids is 3. The molecule has 22 heavy (non-hydrogen) atoms. The summed E-state index contributed by atoms with van der Waals surface area (Å²) in [4.78, 5) is 37.2. The molecule has 0 radical (unpaired) electrons. The Hall–Kier alpha value is -2.43. The van der Waals surface area contributed by atoms with E-state index in [4.69, 9.17) is 0 Å². The monoisotopic (exact) mass is 298 g/mol. The Kier molecular flexibility index (Phi) is 3.35. The number of imide groups is 1. The summed E-state index contributed by atoms with van der Waals surface area (Å²) in [7, 11) is 0. The normalized spacial score (nSPS) is 27.6. The van der Waals surface area contributed by atoms with Crippen LogP contribution in [-0.4, -0.2) is 17.8 Å². The van der Waals surface area contributed by atoms with Crippen LogP contribution in [0, 0.1) is 17.8 Å². The molecule has 0 spiro atoms. The maximum Gasteiger partial charge on any atom is 0.238 e. The topological polar surface area (TPSA) is 77.5 Å². The zero-order chi connectivity index (χ0) is 16.0. The van der Waals surface area contributed by atoms with E-state index in [0.29, 0.717) is 12.1 Å². The van der Waals surface area contributed by atoms with Crippen molar-refractivity contribution in [3.8, 4) is 0 Å². The van der Waals surface area contributed by atoms with Crippen molar-refractivity contribution < 1.29 is 19.5 Å². The van der Waals surface area contributed by atoms with Crippen molar-refractivity contribution in [3.63, 3.8) is 0 Å². The fraction of sp³-hybridized carbons (Fsp3) is 0.353. The molecular formula is C17H16NO4-. The Labute approximate surface area is 128 Å². The zero-order valence-corrected chi connectivity index (χ0v) is 12.4. The minimum absolute atomic E-state index is 0.0196. The van der Waals surface area contributed by atoms with Gasteiger partial charge in [-0.25, -0.2) is 0 Å². The molecule has 5 nitrogen and oxygen atoms in total. The molecule has 0 N–H and O–H groups in total. The summed E-state index contributed by atoms with van der Waals surface area (Å²) >= 11 is 0. The van der Waals surface area contributed by atoms with E-state index in [1.807, 2.05) is 13.8 Å². The van der Waals surface area contributed by atoms with Crippen LogP contribution < -0.4 is 10.0 Å². The lowest BCUT2D eigenvalue weighted by molar-refractivity contribution is -0.255. The van der Waals surface area contributed by atoms with Gasteiger partial charge in [-0.05, 0) is 37.0 Å². The quantitative estimate of drug-likeness (QED) is 0.606. The van der Waals surface area contributed by atoms with Gasteiger partial charge in [0.25, 0.3) is 0 Å². The molecule has 1 aliphatic heterocycles. The predicted octanol–water partition coefficient (Wildman–Crippen LogP) is 1.14. The molecule has 0 saturated carbocycles. The van der Waals surface area contributed by atoms with Gasteiger partial charge in [-0.2, -0.15) is 0 Å². The van der Waals surface area contributed by atoms with E-state index in [0.717, 1.165) is 5.57 Å². The highest BCUT2D eigenvalue weighted by atomic mass is 16.4. The molecule has 0 bridgehead atoms. The number of carbonyl (C=O) groups is 3. The lowest BCUT2D eigenvalue weighted by Crippen LogP contribution is -2.31. The molecule has 3 rings (SSSR count). The summed E-state index contributed by atoms with van der Waals surface area (Å²) in [6.07, 6.45) is 2.66. The van der Waals surface area contributed by atoms with Crippen LogP contribution in [0.2, 0.25) is 0 Å². The molecule has 1 saturated heterocycles. The number of aromatic carboxylic acids is 1. The van der Waals surface area contributed by atoms with E-state index in [9.17, 15) is 19.5 Å². The average Bonchev–Trinajstić information content (AvgIpc) is 2.70. The number of benzene rings is 1. The third-order valence-corrected chi connectivity index (χ3v) is 4.49. The lowest BCUT2D eigenvalue weighted by atomic mass is 9.76. The molecule has 1 heterocycles. The van der Waals surface area contributed by atoms with Gasteiger partial charge in [-0.15, -0.1) is 0 Å². The number of anilines is 1. The molecule has 114 valence electrons. The molecule has 2 aliphatic rings. The van der Waals surface area contributed by atoms with Gasteiger partial charge in [0.05, 0.1) is 23.5 Å². The molecule has 1 aliphatic carbocycles. The summed E-state index contributed by atoms with van der Waals surface area (Å²) < 4.78 is 0. The van der Waals surface area contributed by atoms with Crippen LogP contribution in [0.15, 0.2) is 35.9 Å². The fourth-order valence-electron chi connectivity index (χ4n) is 3.52. The molecule has 0 aromatic heterocycles. The number of amides is 2. The van der Waals surface area contributed by atoms with Gasteiger partial charge in [0, 0.05) is 0 Å². The number of allylic oxidation sites excluding steroid dienone is 2. The molecule has 0 unspecified atom stereocenters. The average molecular weight is 298 g/mol. The molecule has 5 heteroatoms. The van der Waals surface area contributed by atoms with E-state index in [1.165, 1.54) is 29.2 Å². The van der Waals surface area contributed by atoms with E-state index < -0.39 is 5.97 Å². The van der Waals surface area contributed by atoms with Gasteiger partial charge < -0.3 is 9.90 Å². The van der Waals surface area contributed by atoms with Crippen molar-refractivity contribution in [2.45, 2.75) is 20.3 Å². The highest BCUT2D eigenvalue weighted by Crippen LogP contribution is 2.42. The molecule has 1 aromatic carbocycles. The number of fused-ring (bicyclic) bond motifs is 1. The van der Waals surface area contributed by atoms with Gasteiger partial charge >= 0.3 is 0 Å². The van der Waals surface area contributed by atoms with Crippen molar-refractivity contribution in [1.82, 2.24) is 0 Å². The third kappa shape index (κ3) is 2.13. The van der Waals surface area contributed by atoms with Gasteiger partial charge in [-0.1, -0.05) is 30.7 Å². The number of carboxylic acid groups (broad SMARTS) is 1. The Morgan fingerprint density at radius 1 is 1.18 bits per heavy atom. The first-order valence-electron chi connectivity index (χ1n) is 7.26. The maximum absolute atomic E-state index is 12.6. The van der Waals surface area contributed by atoms with Gasteiger partial charge in [0.1, 0.15) is 0 Å². The Bertz CT molecular complexity index is 689. The smallest absolute Gasteiger partial charge is 0.238 e. The van der Waals surface area contributed by atoms with Gasteiger partial charge in [0.15, 0.2) is 0 Å². The number of nitrogens with zero attached hydrogens (tertiary/aromatic N) is 1. The first-order chi connectivity index (χ1) is 10.4. The molecular weight excluding hydrogens is 282 g/mol. The predicted molar refractivity (Wildman–Crippen MR) is 77.8 cm³/mol. The van der Waals surface area contributed by atoms with Crippen LogP contribution in [0.4, 0.5) is 5.69 Å². The van der Waals surface area contributed by atoms with Crippen LogP contribution in [0.25, 0.3) is 0 Å². The van der Waals surface area contributed by atoms with E-state index in [2.05, 4.69) is 6.08 Å². The highest BCUT2D eigenvalue weighted by molar-refractivity contribution is 6.22. The number of hydrogen-bond donors (Lipinski definition) is 0. The Balaban J connectivity index is 1.94. The SMILES string of the molecule is CC1=C[C@H](C)[C@H]2C(=O)N(c3ccc(C(=O)[O-])cc3)C(=O)[C@H]2C1. The second kappa shape index (κ2) is 5.09. The van der Waals surface area contributed by atoms with E-state index in [1.54, 1.807) is 0 Å². The molecule has 2 amide bonds. The van der Waals surface area contributed by atoms with E-state index >= 15 is 0 Å². The zero-order valence-electron chi connectivity index (χ0n) is 12.4. The summed E-state index contributed by atoms with van der Waals surface area (Å²) in [5, 5.41) is 10.8. The van der Waals surface area contributed by atoms with E-state index in [-0.39, 0.29) is 35.1 Å². The van der Waals surface area contributed by atoms with Crippen LogP contribution >= 0.6 is 0 Å². The number of carboxylic acids is 1. The molecule has 3 atom stereocenters. The largest absolute Gasteiger partial charge is 0.545 e. The first-order valence-corrected chi connectivity index (χ1v) is 7.26. The number of hydrogen-bond acceptors (Lipinski definition) is 4. The van der Waals surface area contributed by atoms with Crippen molar-refractivity contribution >= 4 is 23.5 Å². The second-order valence-electron chi connectivity index (χ2n) is 6.05. The third-order valence-electron chi connectivity index (χ3n) is 4.49. The molecule has 1 aromatic rings. The van der Waals surface area contributed by atoms with Crippen LogP contribution in [0.5, 0.6) is 0 Å².